The summed E-state index contributed by atoms with van der Waals surface area (Å²) in [5.41, 5.74) is 2.64. The van der Waals surface area contributed by atoms with Gasteiger partial charge < -0.3 is 29.7 Å². The summed E-state index contributed by atoms with van der Waals surface area (Å²) in [4.78, 5) is 19.6. The molecule has 8 heteroatoms. The van der Waals surface area contributed by atoms with Crippen LogP contribution in [0, 0.1) is 0 Å². The maximum atomic E-state index is 12.7. The number of nitrogens with zero attached hydrogens (tertiary/aromatic N) is 2. The summed E-state index contributed by atoms with van der Waals surface area (Å²) >= 11 is 0. The van der Waals surface area contributed by atoms with Crippen molar-refractivity contribution in [2.24, 2.45) is 0 Å². The number of nitrogens with one attached hydrogen (secondary N) is 2. The number of pyridine rings is 1. The monoisotopic (exact) mass is 462 g/mol. The van der Waals surface area contributed by atoms with Crippen molar-refractivity contribution in [3.05, 3.63) is 54.1 Å². The Kier molecular flexibility index (Phi) is 6.67. The van der Waals surface area contributed by atoms with Gasteiger partial charge in [-0.1, -0.05) is 18.2 Å². The zero-order valence-corrected chi connectivity index (χ0v) is 19.4. The Bertz CT molecular complexity index is 1160. The second kappa shape index (κ2) is 10.2. The van der Waals surface area contributed by atoms with Gasteiger partial charge in [0, 0.05) is 37.1 Å². The minimum atomic E-state index is -0.202. The van der Waals surface area contributed by atoms with E-state index in [0.717, 1.165) is 55.8 Å². The number of para-hydroxylation sites is 1. The summed E-state index contributed by atoms with van der Waals surface area (Å²) in [6.45, 7) is 4.13. The minimum Gasteiger partial charge on any atom is -0.486 e. The first kappa shape index (κ1) is 22.3. The smallest absolute Gasteiger partial charge is 0.319 e. The molecule has 0 bridgehead atoms. The Morgan fingerprint density at radius 1 is 1.09 bits per heavy atom. The summed E-state index contributed by atoms with van der Waals surface area (Å²) in [7, 11) is 1.58. The first-order valence-corrected chi connectivity index (χ1v) is 11.8. The molecule has 2 N–H and O–H groups in total. The number of amides is 2. The molecule has 0 unspecified atom stereocenters. The third-order valence-corrected chi connectivity index (χ3v) is 6.40. The van der Waals surface area contributed by atoms with Crippen molar-refractivity contribution in [3.63, 3.8) is 0 Å². The summed E-state index contributed by atoms with van der Waals surface area (Å²) in [5.74, 6) is 2.20. The van der Waals surface area contributed by atoms with Crippen LogP contribution in [0.25, 0.3) is 10.9 Å². The summed E-state index contributed by atoms with van der Waals surface area (Å²) in [5, 5.41) is 7.03. The van der Waals surface area contributed by atoms with Crippen molar-refractivity contribution in [3.8, 4) is 17.4 Å². The summed E-state index contributed by atoms with van der Waals surface area (Å²) in [6.07, 6.45) is 2.82. The fourth-order valence-corrected chi connectivity index (χ4v) is 4.52. The molecule has 5 rings (SSSR count). The number of anilines is 1. The average Bonchev–Trinajstić information content (AvgIpc) is 2.88. The van der Waals surface area contributed by atoms with Crippen molar-refractivity contribution in [2.75, 3.05) is 45.3 Å². The molecule has 2 aromatic carbocycles. The van der Waals surface area contributed by atoms with Crippen LogP contribution in [0.2, 0.25) is 0 Å². The van der Waals surface area contributed by atoms with Crippen molar-refractivity contribution in [1.82, 2.24) is 15.2 Å². The summed E-state index contributed by atoms with van der Waals surface area (Å²) in [6, 6.07) is 15.6. The molecule has 34 heavy (non-hydrogen) atoms. The van der Waals surface area contributed by atoms with E-state index in [4.69, 9.17) is 14.2 Å². The lowest BCUT2D eigenvalue weighted by Gasteiger charge is -2.32. The van der Waals surface area contributed by atoms with E-state index < -0.39 is 0 Å². The highest BCUT2D eigenvalue weighted by Crippen LogP contribution is 2.31. The van der Waals surface area contributed by atoms with E-state index in [1.54, 1.807) is 7.11 Å². The van der Waals surface area contributed by atoms with Gasteiger partial charge in [0.25, 0.3) is 0 Å². The van der Waals surface area contributed by atoms with Crippen LogP contribution in [-0.2, 0) is 6.42 Å². The van der Waals surface area contributed by atoms with E-state index >= 15 is 0 Å². The molecule has 3 heterocycles. The van der Waals surface area contributed by atoms with Crippen molar-refractivity contribution in [2.45, 2.75) is 25.3 Å². The predicted octanol–water partition coefficient (Wildman–Crippen LogP) is 3.84. The van der Waals surface area contributed by atoms with Crippen LogP contribution < -0.4 is 24.8 Å². The van der Waals surface area contributed by atoms with Crippen LogP contribution in [0.4, 0.5) is 10.5 Å². The Morgan fingerprint density at radius 3 is 2.74 bits per heavy atom. The van der Waals surface area contributed by atoms with Crippen LogP contribution in [0.1, 0.15) is 18.4 Å². The number of aromatic nitrogens is 1. The Balaban J connectivity index is 1.10. The number of benzene rings is 2. The zero-order chi connectivity index (χ0) is 23.3. The number of urea groups is 1. The standard InChI is InChI=1S/C26H30N4O4/c1-32-24-8-6-19-3-2-4-21(25(19)29-24)28-26(31)27-20-10-13-30(14-11-20)12-9-18-5-7-22-23(17-18)34-16-15-33-22/h2-8,17,20H,9-16H2,1H3,(H2,27,28,31). The van der Waals surface area contributed by atoms with Gasteiger partial charge in [0.05, 0.1) is 18.3 Å². The van der Waals surface area contributed by atoms with E-state index in [9.17, 15) is 4.79 Å². The first-order chi connectivity index (χ1) is 16.7. The van der Waals surface area contributed by atoms with Gasteiger partial charge >= 0.3 is 6.03 Å². The number of hydrogen-bond donors (Lipinski definition) is 2. The van der Waals surface area contributed by atoms with Gasteiger partial charge in [-0.3, -0.25) is 0 Å². The van der Waals surface area contributed by atoms with Gasteiger partial charge in [-0.2, -0.15) is 0 Å². The number of fused-ring (bicyclic) bond motifs is 2. The van der Waals surface area contributed by atoms with Crippen molar-refractivity contribution in [1.29, 1.82) is 0 Å². The lowest BCUT2D eigenvalue weighted by molar-refractivity contribution is 0.171. The minimum absolute atomic E-state index is 0.156. The largest absolute Gasteiger partial charge is 0.486 e. The predicted molar refractivity (Wildman–Crippen MR) is 131 cm³/mol. The molecule has 178 valence electrons. The van der Waals surface area contributed by atoms with E-state index in [1.807, 2.05) is 36.4 Å². The van der Waals surface area contributed by atoms with Crippen LogP contribution in [0.15, 0.2) is 48.5 Å². The maximum Gasteiger partial charge on any atom is 0.319 e. The number of rotatable bonds is 6. The molecule has 2 aliphatic rings. The van der Waals surface area contributed by atoms with Crippen LogP contribution in [0.5, 0.6) is 17.4 Å². The topological polar surface area (TPSA) is 85.0 Å². The highest BCUT2D eigenvalue weighted by molar-refractivity contribution is 5.99. The second-order valence-electron chi connectivity index (χ2n) is 8.67. The Morgan fingerprint density at radius 2 is 1.91 bits per heavy atom. The fourth-order valence-electron chi connectivity index (χ4n) is 4.52. The number of carbonyl (C=O) groups is 1. The lowest BCUT2D eigenvalue weighted by atomic mass is 10.0. The number of methoxy groups -OCH3 is 1. The second-order valence-corrected chi connectivity index (χ2v) is 8.67. The fraction of sp³-hybridized carbons (Fsp3) is 0.385. The molecule has 1 aromatic heterocycles. The van der Waals surface area contributed by atoms with Crippen LogP contribution in [0.3, 0.4) is 0 Å². The number of hydrogen-bond acceptors (Lipinski definition) is 6. The number of piperidine rings is 1. The molecule has 2 amide bonds. The van der Waals surface area contributed by atoms with E-state index in [-0.39, 0.29) is 12.1 Å². The Hall–Kier alpha value is -3.52. The normalized spacial score (nSPS) is 16.3. The molecule has 1 fully saturated rings. The van der Waals surface area contributed by atoms with E-state index in [2.05, 4.69) is 32.7 Å². The molecule has 3 aromatic rings. The highest BCUT2D eigenvalue weighted by Gasteiger charge is 2.21. The summed E-state index contributed by atoms with van der Waals surface area (Å²) < 4.78 is 16.5. The van der Waals surface area contributed by atoms with Gasteiger partial charge in [0.1, 0.15) is 13.2 Å². The van der Waals surface area contributed by atoms with Crippen LogP contribution in [-0.4, -0.2) is 61.9 Å². The SMILES string of the molecule is COc1ccc2cccc(NC(=O)NC3CCN(CCc4ccc5c(c4)OCCO5)CC3)c2n1. The molecule has 0 radical (unpaired) electrons. The third kappa shape index (κ3) is 5.17. The van der Waals surface area contributed by atoms with Gasteiger partial charge in [0.2, 0.25) is 5.88 Å². The quantitative estimate of drug-likeness (QED) is 0.579. The van der Waals surface area contributed by atoms with E-state index in [1.165, 1.54) is 5.56 Å². The molecule has 0 atom stereocenters. The lowest BCUT2D eigenvalue weighted by Crippen LogP contribution is -2.46. The van der Waals surface area contributed by atoms with Gasteiger partial charge in [-0.25, -0.2) is 9.78 Å². The molecular formula is C26H30N4O4. The maximum absolute atomic E-state index is 12.7. The molecule has 0 spiro atoms. The molecular weight excluding hydrogens is 432 g/mol. The van der Waals surface area contributed by atoms with Gasteiger partial charge in [0.15, 0.2) is 11.5 Å². The number of likely N-dealkylation sites (tertiary alicyclic amines) is 1. The molecule has 0 saturated carbocycles. The van der Waals surface area contributed by atoms with Crippen molar-refractivity contribution < 1.29 is 19.0 Å². The first-order valence-electron chi connectivity index (χ1n) is 11.8. The van der Waals surface area contributed by atoms with Crippen molar-refractivity contribution >= 4 is 22.6 Å². The molecule has 0 aliphatic carbocycles. The number of carbonyl (C=O) groups excluding carboxylic acids is 1. The van der Waals surface area contributed by atoms with Gasteiger partial charge in [-0.05, 0) is 49.1 Å². The van der Waals surface area contributed by atoms with E-state index in [0.29, 0.717) is 30.3 Å². The zero-order valence-electron chi connectivity index (χ0n) is 19.4. The molecule has 1 saturated heterocycles. The number of ether oxygens (including phenoxy) is 3. The average molecular weight is 463 g/mol. The van der Waals surface area contributed by atoms with Crippen LogP contribution >= 0.6 is 0 Å². The third-order valence-electron chi connectivity index (χ3n) is 6.40. The Labute approximate surface area is 199 Å². The molecule has 2 aliphatic heterocycles. The van der Waals surface area contributed by atoms with Gasteiger partial charge in [-0.15, -0.1) is 0 Å². The highest BCUT2D eigenvalue weighted by atomic mass is 16.6. The molecule has 8 nitrogen and oxygen atoms in total.